The van der Waals surface area contributed by atoms with E-state index in [2.05, 4.69) is 6.58 Å². The van der Waals surface area contributed by atoms with Gasteiger partial charge < -0.3 is 9.47 Å². The molecule has 0 atom stereocenters. The lowest BCUT2D eigenvalue weighted by Crippen LogP contribution is -2.31. The molecule has 3 rings (SSSR count). The summed E-state index contributed by atoms with van der Waals surface area (Å²) in [6.07, 6.45) is 1.41. The van der Waals surface area contributed by atoms with Gasteiger partial charge >= 0.3 is 0 Å². The molecule has 8 nitrogen and oxygen atoms in total. The van der Waals surface area contributed by atoms with Gasteiger partial charge in [0.1, 0.15) is 13.2 Å². The van der Waals surface area contributed by atoms with E-state index in [1.54, 1.807) is 12.1 Å². The highest BCUT2D eigenvalue weighted by Crippen LogP contribution is 2.36. The van der Waals surface area contributed by atoms with Gasteiger partial charge in [-0.2, -0.15) is 0 Å². The number of ether oxygens (including phenoxy) is 2. The monoisotopic (exact) mass is 376 g/mol. The summed E-state index contributed by atoms with van der Waals surface area (Å²) in [5.41, 5.74) is -0.189. The number of sulfonamides is 1. The predicted octanol–water partition coefficient (Wildman–Crippen LogP) is 2.75. The third kappa shape index (κ3) is 3.21. The largest absolute Gasteiger partial charge is 0.486 e. The van der Waals surface area contributed by atoms with Gasteiger partial charge in [0.05, 0.1) is 17.2 Å². The molecule has 9 heteroatoms. The molecule has 0 saturated heterocycles. The standard InChI is InChI=1S/C17H16N2O6S/c1-2-9-18(13-7-8-15-16(12-13)25-11-10-24-15)26(22,23)17-6-4-3-5-14(17)19(20)21/h2-8,12H,1,9-11H2. The third-order valence-electron chi connectivity index (χ3n) is 3.74. The van der Waals surface area contributed by atoms with E-state index in [0.29, 0.717) is 30.4 Å². The van der Waals surface area contributed by atoms with E-state index >= 15 is 0 Å². The Kier molecular flexibility index (Phi) is 4.81. The minimum Gasteiger partial charge on any atom is -0.486 e. The van der Waals surface area contributed by atoms with Gasteiger partial charge in [-0.25, -0.2) is 8.42 Å². The molecule has 0 fully saturated rings. The molecule has 136 valence electrons. The van der Waals surface area contributed by atoms with Crippen LogP contribution in [0.15, 0.2) is 60.0 Å². The first-order valence-corrected chi connectivity index (χ1v) is 9.16. The average molecular weight is 376 g/mol. The summed E-state index contributed by atoms with van der Waals surface area (Å²) < 4.78 is 38.2. The SMILES string of the molecule is C=CCN(c1ccc2c(c1)OCCO2)S(=O)(=O)c1ccccc1[N+](=O)[O-]. The molecule has 2 aromatic carbocycles. The number of para-hydroxylation sites is 1. The highest BCUT2D eigenvalue weighted by Gasteiger charge is 2.31. The van der Waals surface area contributed by atoms with Crippen molar-refractivity contribution in [3.8, 4) is 11.5 Å². The molecule has 0 radical (unpaired) electrons. The van der Waals surface area contributed by atoms with Crippen molar-refractivity contribution in [2.75, 3.05) is 24.1 Å². The molecule has 0 aliphatic carbocycles. The first-order valence-electron chi connectivity index (χ1n) is 7.72. The average Bonchev–Trinajstić information content (AvgIpc) is 2.65. The van der Waals surface area contributed by atoms with Crippen molar-refractivity contribution in [2.45, 2.75) is 4.90 Å². The Hall–Kier alpha value is -3.07. The molecule has 1 aliphatic rings. The maximum absolute atomic E-state index is 13.1. The van der Waals surface area contributed by atoms with Crippen LogP contribution >= 0.6 is 0 Å². The van der Waals surface area contributed by atoms with Gasteiger partial charge in [0.15, 0.2) is 16.4 Å². The Balaban J connectivity index is 2.10. The second kappa shape index (κ2) is 7.04. The van der Waals surface area contributed by atoms with Crippen LogP contribution in [0.25, 0.3) is 0 Å². The smallest absolute Gasteiger partial charge is 0.289 e. The number of anilines is 1. The summed E-state index contributed by atoms with van der Waals surface area (Å²) in [6.45, 7) is 4.29. The van der Waals surface area contributed by atoms with E-state index in [1.165, 1.54) is 30.3 Å². The summed E-state index contributed by atoms with van der Waals surface area (Å²) in [4.78, 5) is 10.1. The molecule has 0 amide bonds. The zero-order valence-electron chi connectivity index (χ0n) is 13.7. The van der Waals surface area contributed by atoms with Crippen LogP contribution in [0.1, 0.15) is 0 Å². The van der Waals surface area contributed by atoms with Gasteiger partial charge in [-0.15, -0.1) is 6.58 Å². The molecule has 0 bridgehead atoms. The lowest BCUT2D eigenvalue weighted by molar-refractivity contribution is -0.387. The van der Waals surface area contributed by atoms with Crippen LogP contribution in [-0.4, -0.2) is 33.1 Å². The summed E-state index contributed by atoms with van der Waals surface area (Å²) in [5, 5.41) is 11.2. The predicted molar refractivity (Wildman–Crippen MR) is 95.3 cm³/mol. The van der Waals surface area contributed by atoms with E-state index in [1.807, 2.05) is 0 Å². The topological polar surface area (TPSA) is 99.0 Å². The van der Waals surface area contributed by atoms with Crippen molar-refractivity contribution in [2.24, 2.45) is 0 Å². The molecule has 2 aromatic rings. The number of nitro groups is 1. The fraction of sp³-hybridized carbons (Fsp3) is 0.176. The number of hydrogen-bond acceptors (Lipinski definition) is 6. The first-order chi connectivity index (χ1) is 12.4. The van der Waals surface area contributed by atoms with Crippen LogP contribution in [0, 0.1) is 10.1 Å². The molecule has 26 heavy (non-hydrogen) atoms. The lowest BCUT2D eigenvalue weighted by Gasteiger charge is -2.25. The van der Waals surface area contributed by atoms with Crippen LogP contribution < -0.4 is 13.8 Å². The summed E-state index contributed by atoms with van der Waals surface area (Å²) in [7, 11) is -4.19. The van der Waals surface area contributed by atoms with Crippen LogP contribution in [0.2, 0.25) is 0 Å². The highest BCUT2D eigenvalue weighted by molar-refractivity contribution is 7.93. The zero-order chi connectivity index (χ0) is 18.7. The van der Waals surface area contributed by atoms with Crippen molar-refractivity contribution in [1.82, 2.24) is 0 Å². The quantitative estimate of drug-likeness (QED) is 0.437. The lowest BCUT2D eigenvalue weighted by atomic mass is 10.2. The van der Waals surface area contributed by atoms with Gasteiger partial charge in [-0.3, -0.25) is 14.4 Å². The van der Waals surface area contributed by atoms with Crippen molar-refractivity contribution in [3.05, 3.63) is 65.2 Å². The Bertz CT molecular complexity index is 957. The third-order valence-corrected chi connectivity index (χ3v) is 5.58. The van der Waals surface area contributed by atoms with Crippen LogP contribution in [0.5, 0.6) is 11.5 Å². The van der Waals surface area contributed by atoms with E-state index in [4.69, 9.17) is 9.47 Å². The number of nitro benzene ring substituents is 1. The number of benzene rings is 2. The fourth-order valence-electron chi connectivity index (χ4n) is 2.59. The molecule has 0 spiro atoms. The molecule has 0 N–H and O–H groups in total. The number of hydrogen-bond donors (Lipinski definition) is 0. The van der Waals surface area contributed by atoms with Crippen LogP contribution in [-0.2, 0) is 10.0 Å². The first kappa shape index (κ1) is 17.7. The molecular formula is C17H16N2O6S. The summed E-state index contributed by atoms with van der Waals surface area (Å²) in [5.74, 6) is 0.933. The molecule has 0 aromatic heterocycles. The Morgan fingerprint density at radius 2 is 1.85 bits per heavy atom. The Morgan fingerprint density at radius 3 is 2.54 bits per heavy atom. The minimum atomic E-state index is -4.19. The summed E-state index contributed by atoms with van der Waals surface area (Å²) >= 11 is 0. The van der Waals surface area contributed by atoms with Crippen molar-refractivity contribution in [3.63, 3.8) is 0 Å². The van der Waals surface area contributed by atoms with Crippen molar-refractivity contribution < 1.29 is 22.8 Å². The van der Waals surface area contributed by atoms with Gasteiger partial charge in [-0.05, 0) is 18.2 Å². The van der Waals surface area contributed by atoms with Crippen molar-refractivity contribution in [1.29, 1.82) is 0 Å². The fourth-order valence-corrected chi connectivity index (χ4v) is 4.18. The van der Waals surface area contributed by atoms with Crippen LogP contribution in [0.3, 0.4) is 0 Å². The van der Waals surface area contributed by atoms with Crippen molar-refractivity contribution >= 4 is 21.4 Å². The van der Waals surface area contributed by atoms with Gasteiger partial charge in [0.2, 0.25) is 0 Å². The number of nitrogens with zero attached hydrogens (tertiary/aromatic N) is 2. The van der Waals surface area contributed by atoms with E-state index in [0.717, 1.165) is 10.4 Å². The van der Waals surface area contributed by atoms with Gasteiger partial charge in [-0.1, -0.05) is 18.2 Å². The molecule has 0 unspecified atom stereocenters. The normalized spacial score (nSPS) is 13.1. The Labute approximate surface area is 150 Å². The summed E-state index contributed by atoms with van der Waals surface area (Å²) in [6, 6.07) is 9.92. The van der Waals surface area contributed by atoms with E-state index in [9.17, 15) is 18.5 Å². The molecule has 1 aliphatic heterocycles. The number of rotatable bonds is 6. The number of fused-ring (bicyclic) bond motifs is 1. The van der Waals surface area contributed by atoms with Crippen LogP contribution in [0.4, 0.5) is 11.4 Å². The van der Waals surface area contributed by atoms with Gasteiger partial charge in [0.25, 0.3) is 15.7 Å². The van der Waals surface area contributed by atoms with E-state index < -0.39 is 20.6 Å². The van der Waals surface area contributed by atoms with E-state index in [-0.39, 0.29) is 11.4 Å². The highest BCUT2D eigenvalue weighted by atomic mass is 32.2. The second-order valence-corrected chi connectivity index (χ2v) is 7.21. The maximum Gasteiger partial charge on any atom is 0.289 e. The zero-order valence-corrected chi connectivity index (χ0v) is 14.5. The molecule has 0 saturated carbocycles. The second-order valence-electron chi connectivity index (χ2n) is 5.38. The van der Waals surface area contributed by atoms with Gasteiger partial charge in [0, 0.05) is 12.1 Å². The minimum absolute atomic E-state index is 0.0615. The maximum atomic E-state index is 13.1. The Morgan fingerprint density at radius 1 is 1.15 bits per heavy atom. The molecule has 1 heterocycles. The molecular weight excluding hydrogens is 360 g/mol.